The summed E-state index contributed by atoms with van der Waals surface area (Å²) in [6, 6.07) is 23.0. The maximum atomic E-state index is 13.1. The standard InChI is InChI=1S/C23H20ClNO3/c1-28-20-12-6-11-19(15-20)25-23(27)21(14-16-7-5-10-18(24)13-16)22(26)17-8-3-2-4-9-17/h2-13,15,21H,14H2,1H3,(H,25,27)/t21-/m0/s1. The average molecular weight is 394 g/mol. The first-order valence-electron chi connectivity index (χ1n) is 8.85. The van der Waals surface area contributed by atoms with Gasteiger partial charge in [0.25, 0.3) is 0 Å². The highest BCUT2D eigenvalue weighted by Gasteiger charge is 2.28. The van der Waals surface area contributed by atoms with Gasteiger partial charge >= 0.3 is 0 Å². The molecule has 0 saturated heterocycles. The molecule has 0 aliphatic rings. The smallest absolute Gasteiger partial charge is 0.235 e. The van der Waals surface area contributed by atoms with Gasteiger partial charge in [-0.2, -0.15) is 0 Å². The van der Waals surface area contributed by atoms with Gasteiger partial charge in [-0.25, -0.2) is 0 Å². The first kappa shape index (κ1) is 19.6. The van der Waals surface area contributed by atoms with Crippen LogP contribution in [0.5, 0.6) is 5.75 Å². The van der Waals surface area contributed by atoms with E-state index in [2.05, 4.69) is 5.32 Å². The van der Waals surface area contributed by atoms with Gasteiger partial charge in [-0.05, 0) is 36.2 Å². The minimum absolute atomic E-state index is 0.235. The molecule has 0 spiro atoms. The highest BCUT2D eigenvalue weighted by Crippen LogP contribution is 2.22. The maximum Gasteiger partial charge on any atom is 0.235 e. The van der Waals surface area contributed by atoms with Gasteiger partial charge < -0.3 is 10.1 Å². The summed E-state index contributed by atoms with van der Waals surface area (Å²) in [5, 5.41) is 3.40. The van der Waals surface area contributed by atoms with Crippen molar-refractivity contribution in [1.82, 2.24) is 0 Å². The second-order valence-corrected chi connectivity index (χ2v) is 6.77. The Morgan fingerprint density at radius 1 is 0.964 bits per heavy atom. The zero-order chi connectivity index (χ0) is 19.9. The lowest BCUT2D eigenvalue weighted by atomic mass is 9.90. The minimum atomic E-state index is -0.882. The fourth-order valence-electron chi connectivity index (χ4n) is 2.94. The number of carbonyl (C=O) groups is 2. The molecule has 0 bridgehead atoms. The summed E-state index contributed by atoms with van der Waals surface area (Å²) < 4.78 is 5.19. The van der Waals surface area contributed by atoms with E-state index in [0.717, 1.165) is 5.56 Å². The highest BCUT2D eigenvalue weighted by atomic mass is 35.5. The molecular weight excluding hydrogens is 374 g/mol. The van der Waals surface area contributed by atoms with Crippen molar-refractivity contribution in [3.63, 3.8) is 0 Å². The molecule has 1 atom stereocenters. The summed E-state index contributed by atoms with van der Waals surface area (Å²) in [7, 11) is 1.56. The molecule has 0 radical (unpaired) electrons. The number of anilines is 1. The van der Waals surface area contributed by atoms with Crippen LogP contribution < -0.4 is 10.1 Å². The fraction of sp³-hybridized carbons (Fsp3) is 0.130. The number of rotatable bonds is 7. The van der Waals surface area contributed by atoms with Crippen molar-refractivity contribution in [3.8, 4) is 5.75 Å². The largest absolute Gasteiger partial charge is 0.497 e. The van der Waals surface area contributed by atoms with Gasteiger partial charge in [0.15, 0.2) is 5.78 Å². The van der Waals surface area contributed by atoms with Gasteiger partial charge in [0.05, 0.1) is 7.11 Å². The highest BCUT2D eigenvalue weighted by molar-refractivity contribution is 6.30. The van der Waals surface area contributed by atoms with Crippen LogP contribution in [-0.2, 0) is 11.2 Å². The number of nitrogens with one attached hydrogen (secondary N) is 1. The number of hydrogen-bond acceptors (Lipinski definition) is 3. The van der Waals surface area contributed by atoms with Gasteiger partial charge in [-0.15, -0.1) is 0 Å². The predicted molar refractivity (Wildman–Crippen MR) is 111 cm³/mol. The lowest BCUT2D eigenvalue weighted by Gasteiger charge is -2.17. The molecule has 0 aromatic heterocycles. The van der Waals surface area contributed by atoms with Crippen LogP contribution in [0.1, 0.15) is 15.9 Å². The molecule has 0 heterocycles. The number of carbonyl (C=O) groups excluding carboxylic acids is 2. The second kappa shape index (κ2) is 9.20. The molecule has 3 rings (SSSR count). The molecule has 0 unspecified atom stereocenters. The van der Waals surface area contributed by atoms with Gasteiger partial charge in [0.2, 0.25) is 5.91 Å². The number of halogens is 1. The van der Waals surface area contributed by atoms with Crippen molar-refractivity contribution in [1.29, 1.82) is 0 Å². The van der Waals surface area contributed by atoms with Crippen molar-refractivity contribution in [2.75, 3.05) is 12.4 Å². The molecular formula is C23H20ClNO3. The van der Waals surface area contributed by atoms with Crippen LogP contribution in [-0.4, -0.2) is 18.8 Å². The molecule has 5 heteroatoms. The third kappa shape index (κ3) is 4.99. The van der Waals surface area contributed by atoms with Crippen LogP contribution in [0.2, 0.25) is 5.02 Å². The Morgan fingerprint density at radius 3 is 2.43 bits per heavy atom. The summed E-state index contributed by atoms with van der Waals surface area (Å²) in [4.78, 5) is 26.1. The number of methoxy groups -OCH3 is 1. The number of hydrogen-bond donors (Lipinski definition) is 1. The van der Waals surface area contributed by atoms with Gasteiger partial charge in [0.1, 0.15) is 11.7 Å². The predicted octanol–water partition coefficient (Wildman–Crippen LogP) is 5.03. The van der Waals surface area contributed by atoms with E-state index in [1.165, 1.54) is 0 Å². The molecule has 28 heavy (non-hydrogen) atoms. The van der Waals surface area contributed by atoms with Crippen molar-refractivity contribution >= 4 is 29.0 Å². The van der Waals surface area contributed by atoms with E-state index in [9.17, 15) is 9.59 Å². The third-order valence-electron chi connectivity index (χ3n) is 4.36. The summed E-state index contributed by atoms with van der Waals surface area (Å²) in [5.74, 6) is -0.867. The quantitative estimate of drug-likeness (QED) is 0.452. The minimum Gasteiger partial charge on any atom is -0.497 e. The molecule has 0 aliphatic heterocycles. The monoisotopic (exact) mass is 393 g/mol. The molecule has 0 aliphatic carbocycles. The molecule has 1 amide bonds. The van der Waals surface area contributed by atoms with Crippen molar-refractivity contribution in [2.24, 2.45) is 5.92 Å². The van der Waals surface area contributed by atoms with Crippen LogP contribution in [0.15, 0.2) is 78.9 Å². The van der Waals surface area contributed by atoms with E-state index in [0.29, 0.717) is 22.0 Å². The lowest BCUT2D eigenvalue weighted by Crippen LogP contribution is -2.31. The number of ether oxygens (including phenoxy) is 1. The zero-order valence-corrected chi connectivity index (χ0v) is 16.1. The molecule has 4 nitrogen and oxygen atoms in total. The zero-order valence-electron chi connectivity index (χ0n) is 15.4. The average Bonchev–Trinajstić information content (AvgIpc) is 2.72. The summed E-state index contributed by atoms with van der Waals surface area (Å²) >= 11 is 6.07. The summed E-state index contributed by atoms with van der Waals surface area (Å²) in [6.45, 7) is 0. The van der Waals surface area contributed by atoms with Gasteiger partial charge in [-0.3, -0.25) is 9.59 Å². The molecule has 0 saturated carbocycles. The SMILES string of the molecule is COc1cccc(NC(=O)[C@@H](Cc2cccc(Cl)c2)C(=O)c2ccccc2)c1. The molecule has 142 valence electrons. The van der Waals surface area contributed by atoms with E-state index in [1.54, 1.807) is 67.8 Å². The fourth-order valence-corrected chi connectivity index (χ4v) is 3.15. The normalized spacial score (nSPS) is 11.5. The van der Waals surface area contributed by atoms with Crippen LogP contribution in [0.4, 0.5) is 5.69 Å². The van der Waals surface area contributed by atoms with Gasteiger partial charge in [0, 0.05) is 22.3 Å². The topological polar surface area (TPSA) is 55.4 Å². The van der Waals surface area contributed by atoms with Crippen LogP contribution in [0.3, 0.4) is 0 Å². The Balaban J connectivity index is 1.88. The number of Topliss-reactive ketones (excluding diaryl/α,β-unsaturated/α-hetero) is 1. The first-order chi connectivity index (χ1) is 13.6. The molecule has 0 fully saturated rings. The summed E-state index contributed by atoms with van der Waals surface area (Å²) in [6.07, 6.45) is 0.254. The number of benzene rings is 3. The Kier molecular flexibility index (Phi) is 6.45. The van der Waals surface area contributed by atoms with E-state index >= 15 is 0 Å². The van der Waals surface area contributed by atoms with Crippen molar-refractivity contribution in [3.05, 3.63) is 95.0 Å². The molecule has 3 aromatic carbocycles. The van der Waals surface area contributed by atoms with Crippen LogP contribution >= 0.6 is 11.6 Å². The van der Waals surface area contributed by atoms with E-state index in [1.807, 2.05) is 18.2 Å². The second-order valence-electron chi connectivity index (χ2n) is 6.34. The lowest BCUT2D eigenvalue weighted by molar-refractivity contribution is -0.118. The van der Waals surface area contributed by atoms with E-state index in [-0.39, 0.29) is 18.1 Å². The van der Waals surface area contributed by atoms with Crippen LogP contribution in [0.25, 0.3) is 0 Å². The number of ketones is 1. The first-order valence-corrected chi connectivity index (χ1v) is 9.23. The molecule has 3 aromatic rings. The van der Waals surface area contributed by atoms with Crippen molar-refractivity contribution in [2.45, 2.75) is 6.42 Å². The Hall–Kier alpha value is -3.11. The Labute approximate surface area is 169 Å². The third-order valence-corrected chi connectivity index (χ3v) is 4.59. The van der Waals surface area contributed by atoms with E-state index < -0.39 is 5.92 Å². The summed E-state index contributed by atoms with van der Waals surface area (Å²) in [5.41, 5.74) is 1.89. The number of amides is 1. The van der Waals surface area contributed by atoms with E-state index in [4.69, 9.17) is 16.3 Å². The van der Waals surface area contributed by atoms with Gasteiger partial charge in [-0.1, -0.05) is 60.1 Å². The van der Waals surface area contributed by atoms with Crippen molar-refractivity contribution < 1.29 is 14.3 Å². The maximum absolute atomic E-state index is 13.1. The Morgan fingerprint density at radius 2 is 1.71 bits per heavy atom. The molecule has 1 N–H and O–H groups in total. The Bertz CT molecular complexity index is 972. The van der Waals surface area contributed by atoms with Crippen LogP contribution in [0, 0.1) is 5.92 Å².